The largest absolute Gasteiger partial charge is 0.434 e. The van der Waals surface area contributed by atoms with E-state index in [2.05, 4.69) is 10.3 Å². The van der Waals surface area contributed by atoms with Crippen LogP contribution in [0.1, 0.15) is 35.7 Å². The normalized spacial score (nSPS) is 17.5. The first-order valence-corrected chi connectivity index (χ1v) is 12.6. The maximum absolute atomic E-state index is 12.9. The number of halogens is 4. The monoisotopic (exact) mass is 553 g/mol. The summed E-state index contributed by atoms with van der Waals surface area (Å²) in [5, 5.41) is 24.9. The molecule has 2 aromatic carbocycles. The topological polar surface area (TPSA) is 103 Å². The van der Waals surface area contributed by atoms with Crippen LogP contribution in [-0.2, 0) is 22.3 Å². The molecule has 3 atom stereocenters. The predicted octanol–water partition coefficient (Wildman–Crippen LogP) is 4.18. The van der Waals surface area contributed by atoms with Crippen LogP contribution in [0.3, 0.4) is 0 Å². The fraction of sp³-hybridized carbons (Fsp3) is 0.320. The molecule has 3 N–H and O–H groups in total. The Labute approximate surface area is 219 Å². The highest BCUT2D eigenvalue weighted by Gasteiger charge is 2.38. The number of nitrogens with one attached hydrogen (secondary N) is 1. The predicted molar refractivity (Wildman–Crippen MR) is 132 cm³/mol. The van der Waals surface area contributed by atoms with Gasteiger partial charge in [-0.15, -0.1) is 11.3 Å². The molecule has 4 rings (SSSR count). The second-order valence-electron chi connectivity index (χ2n) is 8.58. The molecule has 0 saturated carbocycles. The van der Waals surface area contributed by atoms with Crippen LogP contribution in [0.25, 0.3) is 10.6 Å². The molecule has 1 aliphatic heterocycles. The van der Waals surface area contributed by atoms with Gasteiger partial charge >= 0.3 is 6.18 Å². The van der Waals surface area contributed by atoms with E-state index in [0.29, 0.717) is 35.5 Å². The van der Waals surface area contributed by atoms with Gasteiger partial charge in [0, 0.05) is 29.1 Å². The third kappa shape index (κ3) is 6.30. The van der Waals surface area contributed by atoms with Crippen molar-refractivity contribution in [2.45, 2.75) is 43.8 Å². The van der Waals surface area contributed by atoms with Crippen molar-refractivity contribution in [3.8, 4) is 10.6 Å². The molecule has 196 valence electrons. The van der Waals surface area contributed by atoms with Gasteiger partial charge < -0.3 is 20.4 Å². The number of aliphatic hydroxyl groups is 2. The van der Waals surface area contributed by atoms with Gasteiger partial charge in [0.05, 0.1) is 6.04 Å². The van der Waals surface area contributed by atoms with Gasteiger partial charge in [0.25, 0.3) is 11.8 Å². The molecule has 0 radical (unpaired) electrons. The number of alkyl halides is 3. The number of aliphatic hydroxyl groups excluding tert-OH is 2. The summed E-state index contributed by atoms with van der Waals surface area (Å²) in [6.07, 6.45) is -7.09. The summed E-state index contributed by atoms with van der Waals surface area (Å²) >= 11 is 6.93. The Kier molecular flexibility index (Phi) is 8.17. The molecule has 3 aromatic rings. The number of thiazole rings is 1. The second-order valence-corrected chi connectivity index (χ2v) is 9.88. The van der Waals surface area contributed by atoms with Crippen LogP contribution in [0.15, 0.2) is 53.9 Å². The number of carbonyl (C=O) groups excluding carboxylic acids is 2. The Balaban J connectivity index is 1.33. The number of nitrogens with zero attached hydrogens (tertiary/aromatic N) is 2. The number of likely N-dealkylation sites (tertiary alicyclic amines) is 1. The molecule has 1 aromatic heterocycles. The lowest BCUT2D eigenvalue weighted by Crippen LogP contribution is -2.50. The van der Waals surface area contributed by atoms with Crippen LogP contribution in [0.2, 0.25) is 5.02 Å². The third-order valence-corrected chi connectivity index (χ3v) is 7.18. The first-order valence-electron chi connectivity index (χ1n) is 11.4. The number of hydrogen-bond acceptors (Lipinski definition) is 6. The summed E-state index contributed by atoms with van der Waals surface area (Å²) in [4.78, 5) is 30.4. The van der Waals surface area contributed by atoms with Gasteiger partial charge in [-0.1, -0.05) is 48.0 Å². The Morgan fingerprint density at radius 1 is 1.16 bits per heavy atom. The van der Waals surface area contributed by atoms with E-state index in [0.717, 1.165) is 22.3 Å². The van der Waals surface area contributed by atoms with Crippen molar-refractivity contribution < 1.29 is 33.0 Å². The zero-order valence-corrected chi connectivity index (χ0v) is 20.9. The summed E-state index contributed by atoms with van der Waals surface area (Å²) in [6.45, 7) is 0.342. The molecule has 0 bridgehead atoms. The molecule has 1 unspecified atom stereocenters. The average Bonchev–Trinajstić information content (AvgIpc) is 3.57. The SMILES string of the molecule is O=C(NCc1ccc(-c2nc(C(F)(F)F)cs2)cc1)[C@H](O)[C@@H](O)C(=O)N1CCCC1c1cccc(Cl)c1. The van der Waals surface area contributed by atoms with Crippen molar-refractivity contribution in [3.05, 3.63) is 75.8 Å². The molecule has 2 heterocycles. The highest BCUT2D eigenvalue weighted by Crippen LogP contribution is 2.34. The summed E-state index contributed by atoms with van der Waals surface area (Å²) in [5.74, 6) is -1.69. The van der Waals surface area contributed by atoms with Crippen molar-refractivity contribution in [2.75, 3.05) is 6.54 Å². The lowest BCUT2D eigenvalue weighted by atomic mass is 10.0. The van der Waals surface area contributed by atoms with E-state index < -0.39 is 35.9 Å². The van der Waals surface area contributed by atoms with Crippen LogP contribution >= 0.6 is 22.9 Å². The van der Waals surface area contributed by atoms with Crippen molar-refractivity contribution in [2.24, 2.45) is 0 Å². The first kappa shape index (κ1) is 27.1. The number of amides is 2. The Bertz CT molecular complexity index is 1270. The van der Waals surface area contributed by atoms with E-state index in [1.165, 1.54) is 4.90 Å². The Hall–Kier alpha value is -2.99. The molecule has 0 spiro atoms. The third-order valence-electron chi connectivity index (χ3n) is 6.05. The number of benzene rings is 2. The minimum absolute atomic E-state index is 0.0302. The molecule has 1 fully saturated rings. The van der Waals surface area contributed by atoms with Crippen molar-refractivity contribution >= 4 is 34.8 Å². The molecule has 7 nitrogen and oxygen atoms in total. The molecule has 2 amide bonds. The summed E-state index contributed by atoms with van der Waals surface area (Å²) in [5.41, 5.74) is 0.925. The summed E-state index contributed by atoms with van der Waals surface area (Å²) in [7, 11) is 0. The minimum Gasteiger partial charge on any atom is -0.380 e. The van der Waals surface area contributed by atoms with Crippen LogP contribution < -0.4 is 5.32 Å². The van der Waals surface area contributed by atoms with E-state index >= 15 is 0 Å². The van der Waals surface area contributed by atoms with Gasteiger partial charge in [0.1, 0.15) is 5.01 Å². The second kappa shape index (κ2) is 11.2. The van der Waals surface area contributed by atoms with Gasteiger partial charge in [-0.05, 0) is 36.1 Å². The number of hydrogen-bond donors (Lipinski definition) is 3. The number of carbonyl (C=O) groups is 2. The van der Waals surface area contributed by atoms with Gasteiger partial charge in [-0.25, -0.2) is 4.98 Å². The highest BCUT2D eigenvalue weighted by atomic mass is 35.5. The van der Waals surface area contributed by atoms with E-state index in [1.54, 1.807) is 42.5 Å². The van der Waals surface area contributed by atoms with E-state index in [1.807, 2.05) is 6.07 Å². The summed E-state index contributed by atoms with van der Waals surface area (Å²) in [6, 6.07) is 13.0. The van der Waals surface area contributed by atoms with Crippen molar-refractivity contribution in [1.29, 1.82) is 0 Å². The van der Waals surface area contributed by atoms with Gasteiger partial charge in [-0.3, -0.25) is 9.59 Å². The van der Waals surface area contributed by atoms with Gasteiger partial charge in [0.15, 0.2) is 17.9 Å². The highest BCUT2D eigenvalue weighted by molar-refractivity contribution is 7.13. The quantitative estimate of drug-likeness (QED) is 0.407. The molecule has 1 saturated heterocycles. The van der Waals surface area contributed by atoms with Crippen molar-refractivity contribution in [1.82, 2.24) is 15.2 Å². The molecular weight excluding hydrogens is 531 g/mol. The van der Waals surface area contributed by atoms with Gasteiger partial charge in [0.2, 0.25) is 0 Å². The molecule has 1 aliphatic rings. The zero-order chi connectivity index (χ0) is 26.7. The van der Waals surface area contributed by atoms with E-state index in [4.69, 9.17) is 11.6 Å². The molecule has 37 heavy (non-hydrogen) atoms. The Morgan fingerprint density at radius 2 is 1.89 bits per heavy atom. The van der Waals surface area contributed by atoms with Crippen molar-refractivity contribution in [3.63, 3.8) is 0 Å². The average molecular weight is 554 g/mol. The number of rotatable bonds is 7. The standard InChI is InChI=1S/C25H23ClF3N3O4S/c26-17-4-1-3-16(11-17)18-5-2-10-32(18)24(36)21(34)20(33)22(35)30-12-14-6-8-15(9-7-14)23-31-19(13-37-23)25(27,28)29/h1,3-4,6-9,11,13,18,20-21,33-34H,2,5,10,12H2,(H,30,35)/t18?,20-,21-/m1/s1. The fourth-order valence-corrected chi connectivity index (χ4v) is 5.17. The maximum Gasteiger partial charge on any atom is 0.434 e. The molecular formula is C25H23ClF3N3O4S. The lowest BCUT2D eigenvalue weighted by Gasteiger charge is -2.28. The van der Waals surface area contributed by atoms with Crippen LogP contribution in [0, 0.1) is 0 Å². The number of aromatic nitrogens is 1. The summed E-state index contributed by atoms with van der Waals surface area (Å²) < 4.78 is 38.3. The first-order chi connectivity index (χ1) is 17.5. The van der Waals surface area contributed by atoms with Gasteiger partial charge in [-0.2, -0.15) is 13.2 Å². The maximum atomic E-state index is 12.9. The molecule has 12 heteroatoms. The Morgan fingerprint density at radius 3 is 2.54 bits per heavy atom. The van der Waals surface area contributed by atoms with Crippen LogP contribution in [-0.4, -0.2) is 50.7 Å². The van der Waals surface area contributed by atoms with E-state index in [-0.39, 0.29) is 17.6 Å². The van der Waals surface area contributed by atoms with Crippen LogP contribution in [0.5, 0.6) is 0 Å². The zero-order valence-electron chi connectivity index (χ0n) is 19.3. The van der Waals surface area contributed by atoms with E-state index in [9.17, 15) is 33.0 Å². The van der Waals surface area contributed by atoms with Crippen LogP contribution in [0.4, 0.5) is 13.2 Å². The fourth-order valence-electron chi connectivity index (χ4n) is 4.13. The molecule has 0 aliphatic carbocycles. The minimum atomic E-state index is -4.52. The smallest absolute Gasteiger partial charge is 0.380 e. The lowest BCUT2D eigenvalue weighted by molar-refractivity contribution is -0.153.